The van der Waals surface area contributed by atoms with Gasteiger partial charge in [0, 0.05) is 17.4 Å². The van der Waals surface area contributed by atoms with Crippen LogP contribution in [0.25, 0.3) is 0 Å². The van der Waals surface area contributed by atoms with Crippen molar-refractivity contribution in [3.8, 4) is 28.7 Å². The highest BCUT2D eigenvalue weighted by Gasteiger charge is 2.53. The Labute approximate surface area is 219 Å². The van der Waals surface area contributed by atoms with Crippen LogP contribution < -0.4 is 24.3 Å². The highest BCUT2D eigenvalue weighted by Crippen LogP contribution is 2.55. The average molecular weight is 518 g/mol. The fourth-order valence-electron chi connectivity index (χ4n) is 5.77. The molecule has 4 atom stereocenters. The first-order chi connectivity index (χ1) is 18.4. The lowest BCUT2D eigenvalue weighted by molar-refractivity contribution is -0.141. The monoisotopic (exact) mass is 517 g/mol. The van der Waals surface area contributed by atoms with Crippen molar-refractivity contribution in [1.29, 1.82) is 0 Å². The summed E-state index contributed by atoms with van der Waals surface area (Å²) >= 11 is 0. The van der Waals surface area contributed by atoms with E-state index in [0.717, 1.165) is 16.7 Å². The molecule has 0 spiro atoms. The maximum absolute atomic E-state index is 13.3. The lowest BCUT2D eigenvalue weighted by atomic mass is 9.65. The summed E-state index contributed by atoms with van der Waals surface area (Å²) in [5, 5.41) is 13.7. The molecule has 0 saturated carbocycles. The van der Waals surface area contributed by atoms with Gasteiger partial charge in [0.05, 0.1) is 32.8 Å². The van der Waals surface area contributed by atoms with Crippen molar-refractivity contribution in [2.75, 3.05) is 27.6 Å². The second kappa shape index (κ2) is 9.16. The number of hydrogen-bond donors (Lipinski definition) is 2. The van der Waals surface area contributed by atoms with E-state index in [4.69, 9.17) is 23.7 Å². The zero-order chi connectivity index (χ0) is 26.6. The number of carbonyl (C=O) groups is 2. The van der Waals surface area contributed by atoms with Crippen LogP contribution in [0.5, 0.6) is 28.7 Å². The molecular weight excluding hydrogens is 490 g/mol. The second-order valence-corrected chi connectivity index (χ2v) is 9.72. The Bertz CT molecular complexity index is 1410. The van der Waals surface area contributed by atoms with E-state index < -0.39 is 17.9 Å². The molecule has 2 N–H and O–H groups in total. The van der Waals surface area contributed by atoms with E-state index in [0.29, 0.717) is 22.6 Å². The zero-order valence-corrected chi connectivity index (χ0v) is 21.1. The molecule has 3 aromatic rings. The van der Waals surface area contributed by atoms with E-state index in [9.17, 15) is 14.7 Å². The predicted molar refractivity (Wildman–Crippen MR) is 135 cm³/mol. The van der Waals surface area contributed by atoms with Crippen LogP contribution in [-0.4, -0.2) is 44.6 Å². The summed E-state index contributed by atoms with van der Waals surface area (Å²) in [5.41, 5.74) is 3.88. The van der Waals surface area contributed by atoms with Crippen LogP contribution in [0.15, 0.2) is 48.5 Å². The summed E-state index contributed by atoms with van der Waals surface area (Å²) in [4.78, 5) is 26.6. The van der Waals surface area contributed by atoms with Gasteiger partial charge in [-0.1, -0.05) is 17.7 Å². The van der Waals surface area contributed by atoms with E-state index in [1.807, 2.05) is 31.2 Å². The summed E-state index contributed by atoms with van der Waals surface area (Å²) in [6.45, 7) is 2.19. The Morgan fingerprint density at radius 3 is 2.21 bits per heavy atom. The Morgan fingerprint density at radius 1 is 0.947 bits per heavy atom. The molecule has 9 heteroatoms. The fourth-order valence-corrected chi connectivity index (χ4v) is 5.77. The number of fused-ring (bicyclic) bond motifs is 3. The molecule has 0 aromatic heterocycles. The molecule has 196 valence electrons. The van der Waals surface area contributed by atoms with Gasteiger partial charge in [-0.05, 0) is 60.0 Å². The number of nitrogens with one attached hydrogen (secondary N) is 1. The molecule has 9 nitrogen and oxygen atoms in total. The minimum atomic E-state index is -0.606. The summed E-state index contributed by atoms with van der Waals surface area (Å²) in [6, 6.07) is 13.9. The number of hydrogen-bond acceptors (Lipinski definition) is 8. The van der Waals surface area contributed by atoms with Crippen molar-refractivity contribution in [3.63, 3.8) is 0 Å². The van der Waals surface area contributed by atoms with E-state index >= 15 is 0 Å². The largest absolute Gasteiger partial charge is 0.502 e. The van der Waals surface area contributed by atoms with Gasteiger partial charge in [0.2, 0.25) is 12.5 Å². The normalized spacial score (nSPS) is 22.8. The molecule has 0 radical (unpaired) electrons. The van der Waals surface area contributed by atoms with Gasteiger partial charge in [0.25, 0.3) is 5.91 Å². The molecule has 0 bridgehead atoms. The Hall–Kier alpha value is -4.40. The summed E-state index contributed by atoms with van der Waals surface area (Å²) < 4.78 is 27.7. The lowest BCUT2D eigenvalue weighted by Gasteiger charge is -2.39. The molecule has 38 heavy (non-hydrogen) atoms. The summed E-state index contributed by atoms with van der Waals surface area (Å²) in [6.07, 6.45) is 0. The third-order valence-electron chi connectivity index (χ3n) is 7.65. The van der Waals surface area contributed by atoms with Crippen LogP contribution in [0.4, 0.5) is 0 Å². The van der Waals surface area contributed by atoms with Crippen LogP contribution in [0.1, 0.15) is 44.6 Å². The molecule has 3 aromatic carbocycles. The van der Waals surface area contributed by atoms with E-state index in [2.05, 4.69) is 5.32 Å². The molecular formula is C29H27NO8. The first-order valence-electron chi connectivity index (χ1n) is 12.3. The van der Waals surface area contributed by atoms with Crippen LogP contribution in [0.3, 0.4) is 0 Å². The number of phenols is 1. The van der Waals surface area contributed by atoms with Crippen molar-refractivity contribution >= 4 is 11.9 Å². The average Bonchev–Trinajstić information content (AvgIpc) is 3.54. The highest BCUT2D eigenvalue weighted by molar-refractivity contribution is 5.94. The summed E-state index contributed by atoms with van der Waals surface area (Å²) in [7, 11) is 2.91. The number of aryl methyl sites for hydroxylation is 1. The van der Waals surface area contributed by atoms with E-state index in [1.54, 1.807) is 24.3 Å². The smallest absolute Gasteiger partial charge is 0.310 e. The number of methoxy groups -OCH3 is 2. The number of esters is 1. The molecule has 2 aliphatic heterocycles. The van der Waals surface area contributed by atoms with Crippen LogP contribution >= 0.6 is 0 Å². The van der Waals surface area contributed by atoms with Crippen molar-refractivity contribution in [2.45, 2.75) is 18.9 Å². The third kappa shape index (κ3) is 3.77. The van der Waals surface area contributed by atoms with Gasteiger partial charge in [-0.2, -0.15) is 0 Å². The maximum atomic E-state index is 13.3. The standard InChI is InChI=1S/C29H27NO8/c1-14-4-6-15(7-5-14)28(32)30-26-18-11-21-20(37-13-38-21)10-17(18)24(25-19(26)12-36-29(25)33)16-8-22(34-2)27(31)23(9-16)35-3/h4-11,19,24-26,31H,12-13H2,1-3H3,(H,30,32)/t19-,24+,25-,26+/m0/s1. The SMILES string of the molecule is COc1cc([C@@H]2c3cc4c(cc3[C@@H](NC(=O)c3ccc(C)cc3)[C@H]3COC(=O)[C@H]23)OCO4)cc(OC)c1O. The molecule has 1 aliphatic carbocycles. The molecule has 2 heterocycles. The van der Waals surface area contributed by atoms with Gasteiger partial charge in [-0.3, -0.25) is 9.59 Å². The number of carbonyl (C=O) groups excluding carboxylic acids is 2. The Morgan fingerprint density at radius 2 is 1.58 bits per heavy atom. The molecule has 1 fully saturated rings. The van der Waals surface area contributed by atoms with Gasteiger partial charge in [0.15, 0.2) is 23.0 Å². The first kappa shape index (κ1) is 24.0. The zero-order valence-electron chi connectivity index (χ0n) is 21.1. The molecule has 0 unspecified atom stereocenters. The predicted octanol–water partition coefficient (Wildman–Crippen LogP) is 3.85. The quantitative estimate of drug-likeness (QED) is 0.491. The van der Waals surface area contributed by atoms with Crippen LogP contribution in [-0.2, 0) is 9.53 Å². The van der Waals surface area contributed by atoms with Gasteiger partial charge in [-0.25, -0.2) is 0 Å². The second-order valence-electron chi connectivity index (χ2n) is 9.72. The number of phenolic OH excluding ortho intramolecular Hbond substituents is 1. The van der Waals surface area contributed by atoms with E-state index in [-0.39, 0.29) is 48.4 Å². The number of amides is 1. The minimum absolute atomic E-state index is 0.0824. The van der Waals surface area contributed by atoms with Gasteiger partial charge in [0.1, 0.15) is 0 Å². The Kier molecular flexibility index (Phi) is 5.78. The van der Waals surface area contributed by atoms with Gasteiger partial charge >= 0.3 is 5.97 Å². The molecule has 1 saturated heterocycles. The topological polar surface area (TPSA) is 113 Å². The maximum Gasteiger partial charge on any atom is 0.310 e. The number of cyclic esters (lactones) is 1. The van der Waals surface area contributed by atoms with Crippen molar-refractivity contribution in [2.24, 2.45) is 11.8 Å². The van der Waals surface area contributed by atoms with Gasteiger partial charge in [-0.15, -0.1) is 0 Å². The summed E-state index contributed by atoms with van der Waals surface area (Å²) in [5.74, 6) is -0.595. The number of aromatic hydroxyl groups is 1. The molecule has 6 rings (SSSR count). The third-order valence-corrected chi connectivity index (χ3v) is 7.65. The van der Waals surface area contributed by atoms with Crippen molar-refractivity contribution in [1.82, 2.24) is 5.32 Å². The number of benzene rings is 3. The lowest BCUT2D eigenvalue weighted by Crippen LogP contribution is -2.42. The van der Waals surface area contributed by atoms with Crippen molar-refractivity contribution in [3.05, 3.63) is 76.3 Å². The number of rotatable bonds is 5. The van der Waals surface area contributed by atoms with Crippen LogP contribution in [0, 0.1) is 18.8 Å². The minimum Gasteiger partial charge on any atom is -0.502 e. The van der Waals surface area contributed by atoms with E-state index in [1.165, 1.54) is 14.2 Å². The number of ether oxygens (including phenoxy) is 5. The van der Waals surface area contributed by atoms with Crippen LogP contribution in [0.2, 0.25) is 0 Å². The molecule has 3 aliphatic rings. The highest BCUT2D eigenvalue weighted by atomic mass is 16.7. The van der Waals surface area contributed by atoms with Gasteiger partial charge < -0.3 is 34.1 Å². The fraction of sp³-hybridized carbons (Fsp3) is 0.310. The first-order valence-corrected chi connectivity index (χ1v) is 12.3. The Balaban J connectivity index is 1.51. The molecule has 1 amide bonds. The van der Waals surface area contributed by atoms with Crippen molar-refractivity contribution < 1.29 is 38.4 Å².